The topological polar surface area (TPSA) is 66.5 Å². The number of hydrogen-bond acceptors (Lipinski definition) is 6. The molecule has 23 heavy (non-hydrogen) atoms. The number of morpholine rings is 1. The van der Waals surface area contributed by atoms with Crippen LogP contribution in [0.1, 0.15) is 25.0 Å². The summed E-state index contributed by atoms with van der Waals surface area (Å²) >= 11 is 1.48. The van der Waals surface area contributed by atoms with Crippen molar-refractivity contribution in [1.29, 1.82) is 0 Å². The van der Waals surface area contributed by atoms with Crippen molar-refractivity contribution in [3.63, 3.8) is 0 Å². The van der Waals surface area contributed by atoms with Crippen LogP contribution in [0.3, 0.4) is 0 Å². The van der Waals surface area contributed by atoms with Crippen molar-refractivity contribution in [3.8, 4) is 0 Å². The summed E-state index contributed by atoms with van der Waals surface area (Å²) in [6.07, 6.45) is 3.48. The summed E-state index contributed by atoms with van der Waals surface area (Å²) in [6.45, 7) is 5.14. The number of piperidine rings is 1. The van der Waals surface area contributed by atoms with Crippen molar-refractivity contribution < 1.29 is 9.53 Å². The highest BCUT2D eigenvalue weighted by molar-refractivity contribution is 7.13. The minimum absolute atomic E-state index is 0. The van der Waals surface area contributed by atoms with Crippen molar-refractivity contribution in [2.45, 2.75) is 31.9 Å². The Morgan fingerprint density at radius 1 is 1.39 bits per heavy atom. The zero-order chi connectivity index (χ0) is 14.5. The fraction of sp³-hybridized carbons (Fsp3) is 0.714. The molecule has 1 aromatic rings. The van der Waals surface area contributed by atoms with Gasteiger partial charge in [0.25, 0.3) is 5.91 Å². The number of likely N-dealkylation sites (tertiary alicyclic amines) is 1. The highest BCUT2D eigenvalue weighted by Crippen LogP contribution is 2.19. The predicted molar refractivity (Wildman–Crippen MR) is 97.0 cm³/mol. The fourth-order valence-corrected chi connectivity index (χ4v) is 3.41. The average Bonchev–Trinajstić information content (AvgIpc) is 2.96. The Balaban J connectivity index is 0.00000132. The summed E-state index contributed by atoms with van der Waals surface area (Å²) in [5, 5.41) is 8.71. The van der Waals surface area contributed by atoms with E-state index < -0.39 is 6.10 Å². The van der Waals surface area contributed by atoms with E-state index in [0.29, 0.717) is 18.3 Å². The van der Waals surface area contributed by atoms with Crippen LogP contribution in [0.25, 0.3) is 0 Å². The van der Waals surface area contributed by atoms with E-state index in [2.05, 4.69) is 20.5 Å². The summed E-state index contributed by atoms with van der Waals surface area (Å²) in [7, 11) is 0. The van der Waals surface area contributed by atoms with E-state index in [-0.39, 0.29) is 30.7 Å². The molecule has 2 aliphatic heterocycles. The number of hydrogen-bond donors (Lipinski definition) is 2. The van der Waals surface area contributed by atoms with Gasteiger partial charge in [-0.1, -0.05) is 6.42 Å². The van der Waals surface area contributed by atoms with E-state index in [1.54, 1.807) is 0 Å². The number of aromatic nitrogens is 1. The second-order valence-corrected chi connectivity index (χ2v) is 6.39. The van der Waals surface area contributed by atoms with Gasteiger partial charge in [0.1, 0.15) is 6.10 Å². The van der Waals surface area contributed by atoms with Gasteiger partial charge in [0.15, 0.2) is 5.13 Å². The first-order valence-corrected chi connectivity index (χ1v) is 8.49. The molecule has 9 heteroatoms. The van der Waals surface area contributed by atoms with Crippen LogP contribution in [-0.2, 0) is 16.1 Å². The molecule has 0 bridgehead atoms. The molecule has 2 fully saturated rings. The lowest BCUT2D eigenvalue weighted by atomic mass is 10.1. The minimum Gasteiger partial charge on any atom is -0.366 e. The monoisotopic (exact) mass is 382 g/mol. The first-order valence-electron chi connectivity index (χ1n) is 7.61. The van der Waals surface area contributed by atoms with Crippen LogP contribution >= 0.6 is 36.2 Å². The molecule has 1 aromatic heterocycles. The third-order valence-corrected chi connectivity index (χ3v) is 4.64. The Labute approximate surface area is 153 Å². The molecular formula is C14H24Cl2N4O2S. The molecule has 2 saturated heterocycles. The number of rotatable bonds is 4. The van der Waals surface area contributed by atoms with E-state index in [9.17, 15) is 4.79 Å². The summed E-state index contributed by atoms with van der Waals surface area (Å²) in [6, 6.07) is 0. The number of carbonyl (C=O) groups excluding carboxylic acids is 1. The number of carbonyl (C=O) groups is 1. The fourth-order valence-electron chi connectivity index (χ4n) is 2.70. The predicted octanol–water partition coefficient (Wildman–Crippen LogP) is 1.90. The van der Waals surface area contributed by atoms with Crippen molar-refractivity contribution in [3.05, 3.63) is 11.1 Å². The van der Waals surface area contributed by atoms with Crippen molar-refractivity contribution in [2.75, 3.05) is 38.1 Å². The van der Waals surface area contributed by atoms with Gasteiger partial charge in [-0.15, -0.1) is 36.2 Å². The molecule has 3 rings (SSSR count). The molecule has 0 aliphatic carbocycles. The van der Waals surface area contributed by atoms with Gasteiger partial charge in [-0.2, -0.15) is 0 Å². The van der Waals surface area contributed by atoms with E-state index in [4.69, 9.17) is 4.74 Å². The summed E-state index contributed by atoms with van der Waals surface area (Å²) in [5.41, 5.74) is 1.04. The van der Waals surface area contributed by atoms with E-state index in [1.807, 2.05) is 5.38 Å². The maximum atomic E-state index is 12.0. The smallest absolute Gasteiger partial charge is 0.256 e. The molecule has 3 heterocycles. The number of amides is 1. The van der Waals surface area contributed by atoms with Gasteiger partial charge < -0.3 is 10.1 Å². The number of nitrogens with one attached hydrogen (secondary N) is 2. The van der Waals surface area contributed by atoms with Crippen LogP contribution < -0.4 is 10.6 Å². The van der Waals surface area contributed by atoms with Gasteiger partial charge in [0.05, 0.1) is 12.3 Å². The Morgan fingerprint density at radius 3 is 2.87 bits per heavy atom. The van der Waals surface area contributed by atoms with Crippen LogP contribution in [-0.4, -0.2) is 54.7 Å². The van der Waals surface area contributed by atoms with Crippen LogP contribution in [0.4, 0.5) is 5.13 Å². The normalized spacial score (nSPS) is 21.8. The molecule has 0 unspecified atom stereocenters. The molecule has 6 nitrogen and oxygen atoms in total. The van der Waals surface area contributed by atoms with Crippen molar-refractivity contribution in [1.82, 2.24) is 15.2 Å². The number of anilines is 1. The van der Waals surface area contributed by atoms with Gasteiger partial charge in [-0.25, -0.2) is 4.98 Å². The summed E-state index contributed by atoms with van der Waals surface area (Å²) < 4.78 is 5.43. The molecule has 1 atom stereocenters. The van der Waals surface area contributed by atoms with Gasteiger partial charge in [-0.3, -0.25) is 15.0 Å². The maximum absolute atomic E-state index is 12.0. The highest BCUT2D eigenvalue weighted by Gasteiger charge is 2.22. The molecule has 0 radical (unpaired) electrons. The number of thiazole rings is 1. The lowest BCUT2D eigenvalue weighted by Gasteiger charge is -2.25. The molecular weight excluding hydrogens is 359 g/mol. The third-order valence-electron chi connectivity index (χ3n) is 3.84. The molecule has 1 amide bonds. The lowest BCUT2D eigenvalue weighted by molar-refractivity contribution is -0.128. The molecule has 0 spiro atoms. The Kier molecular flexibility index (Phi) is 9.34. The average molecular weight is 383 g/mol. The van der Waals surface area contributed by atoms with Crippen LogP contribution in [0.2, 0.25) is 0 Å². The Morgan fingerprint density at radius 2 is 2.17 bits per heavy atom. The highest BCUT2D eigenvalue weighted by atomic mass is 35.5. The second-order valence-electron chi connectivity index (χ2n) is 5.53. The molecule has 132 valence electrons. The Bertz CT molecular complexity index is 477. The largest absolute Gasteiger partial charge is 0.366 e. The Hall–Kier alpha value is -0.440. The number of ether oxygens (including phenoxy) is 1. The summed E-state index contributed by atoms with van der Waals surface area (Å²) in [4.78, 5) is 19.0. The first-order chi connectivity index (χ1) is 10.3. The van der Waals surface area contributed by atoms with Gasteiger partial charge in [0.2, 0.25) is 0 Å². The van der Waals surface area contributed by atoms with Crippen molar-refractivity contribution >= 4 is 47.2 Å². The van der Waals surface area contributed by atoms with Crippen molar-refractivity contribution in [2.24, 2.45) is 0 Å². The minimum atomic E-state index is -0.409. The molecule has 0 aromatic carbocycles. The maximum Gasteiger partial charge on any atom is 0.256 e. The van der Waals surface area contributed by atoms with E-state index >= 15 is 0 Å². The molecule has 2 aliphatic rings. The van der Waals surface area contributed by atoms with Crippen LogP contribution in [0.15, 0.2) is 5.38 Å². The number of halogens is 2. The zero-order valence-electron chi connectivity index (χ0n) is 13.0. The SMILES string of the molecule is Cl.Cl.O=C(Nc1nc(CN2CCCCC2)cs1)[C@H]1CNCCO1. The summed E-state index contributed by atoms with van der Waals surface area (Å²) in [5.74, 6) is -0.110. The van der Waals surface area contributed by atoms with E-state index in [1.165, 1.54) is 30.6 Å². The van der Waals surface area contributed by atoms with Gasteiger partial charge in [0, 0.05) is 25.0 Å². The standard InChI is InChI=1S/C14H22N4O2S.2ClH/c19-13(12-8-15-4-7-20-12)17-14-16-11(10-21-14)9-18-5-2-1-3-6-18;;/h10,12,15H,1-9H2,(H,16,17,19);2*1H/t12-;;/m1../s1. The quantitative estimate of drug-likeness (QED) is 0.832. The molecule has 2 N–H and O–H groups in total. The second kappa shape index (κ2) is 10.4. The van der Waals surface area contributed by atoms with Crippen LogP contribution in [0, 0.1) is 0 Å². The van der Waals surface area contributed by atoms with Crippen LogP contribution in [0.5, 0.6) is 0 Å². The third kappa shape index (κ3) is 6.17. The van der Waals surface area contributed by atoms with E-state index in [0.717, 1.165) is 31.9 Å². The van der Waals surface area contributed by atoms with Gasteiger partial charge >= 0.3 is 0 Å². The first kappa shape index (κ1) is 20.6. The lowest BCUT2D eigenvalue weighted by Crippen LogP contribution is -2.45. The van der Waals surface area contributed by atoms with Gasteiger partial charge in [-0.05, 0) is 25.9 Å². The number of nitrogens with zero attached hydrogens (tertiary/aromatic N) is 2. The zero-order valence-corrected chi connectivity index (χ0v) is 15.4. The molecule has 0 saturated carbocycles.